The number of nitrogens with zero attached hydrogens (tertiary/aromatic N) is 2. The van der Waals surface area contributed by atoms with Crippen LogP contribution in [0.5, 0.6) is 0 Å². The van der Waals surface area contributed by atoms with E-state index in [1.165, 1.54) is 6.40 Å². The summed E-state index contributed by atoms with van der Waals surface area (Å²) in [6, 6.07) is 9.79. The summed E-state index contributed by atoms with van der Waals surface area (Å²) in [6.07, 6.45) is 4.57. The lowest BCUT2D eigenvalue weighted by molar-refractivity contribution is 0.303. The minimum Gasteiger partial charge on any atom is -0.450 e. The summed E-state index contributed by atoms with van der Waals surface area (Å²) in [7, 11) is 2.10. The van der Waals surface area contributed by atoms with Crippen molar-refractivity contribution < 1.29 is 4.74 Å². The number of hydrogen-bond donors (Lipinski definition) is 0. The summed E-state index contributed by atoms with van der Waals surface area (Å²) < 4.78 is 5.48. The molecule has 0 saturated carbocycles. The Morgan fingerprint density at radius 3 is 2.81 bits per heavy atom. The molecule has 0 aliphatic carbocycles. The van der Waals surface area contributed by atoms with Gasteiger partial charge in [-0.2, -0.15) is 0 Å². The SMILES string of the molecule is CN1CC=C(OC=Nc2ccccc2)CC1. The van der Waals surface area contributed by atoms with E-state index in [0.717, 1.165) is 31.0 Å². The Bertz CT molecular complexity index is 384. The molecule has 0 spiro atoms. The monoisotopic (exact) mass is 216 g/mol. The topological polar surface area (TPSA) is 24.8 Å². The van der Waals surface area contributed by atoms with E-state index in [1.807, 2.05) is 30.3 Å². The molecule has 1 aliphatic heterocycles. The van der Waals surface area contributed by atoms with Crippen LogP contribution in [0.2, 0.25) is 0 Å². The van der Waals surface area contributed by atoms with Gasteiger partial charge in [0.2, 0.25) is 0 Å². The van der Waals surface area contributed by atoms with Gasteiger partial charge in [0.05, 0.1) is 5.69 Å². The van der Waals surface area contributed by atoms with E-state index in [-0.39, 0.29) is 0 Å². The zero-order valence-corrected chi connectivity index (χ0v) is 9.47. The minimum atomic E-state index is 0.913. The van der Waals surface area contributed by atoms with Crippen molar-refractivity contribution in [2.75, 3.05) is 20.1 Å². The second-order valence-electron chi connectivity index (χ2n) is 3.87. The van der Waals surface area contributed by atoms with Crippen LogP contribution in [0.15, 0.2) is 47.2 Å². The highest BCUT2D eigenvalue weighted by atomic mass is 16.5. The molecule has 0 bridgehead atoms. The van der Waals surface area contributed by atoms with Crippen molar-refractivity contribution in [1.82, 2.24) is 4.90 Å². The predicted octanol–water partition coefficient (Wildman–Crippen LogP) is 2.58. The summed E-state index contributed by atoms with van der Waals surface area (Å²) in [5.41, 5.74) is 0.913. The van der Waals surface area contributed by atoms with Gasteiger partial charge >= 0.3 is 0 Å². The number of ether oxygens (including phenoxy) is 1. The number of aliphatic imine (C=N–C) groups is 1. The maximum absolute atomic E-state index is 5.48. The van der Waals surface area contributed by atoms with Gasteiger partial charge in [-0.1, -0.05) is 18.2 Å². The third-order valence-electron chi connectivity index (χ3n) is 2.53. The Morgan fingerprint density at radius 2 is 2.12 bits per heavy atom. The highest BCUT2D eigenvalue weighted by molar-refractivity contribution is 5.56. The van der Waals surface area contributed by atoms with E-state index in [9.17, 15) is 0 Å². The average molecular weight is 216 g/mol. The van der Waals surface area contributed by atoms with Gasteiger partial charge in [0.25, 0.3) is 0 Å². The molecule has 0 N–H and O–H groups in total. The maximum atomic E-state index is 5.48. The first-order valence-corrected chi connectivity index (χ1v) is 5.46. The van der Waals surface area contributed by atoms with Gasteiger partial charge in [-0.15, -0.1) is 0 Å². The van der Waals surface area contributed by atoms with E-state index in [2.05, 4.69) is 23.0 Å². The Hall–Kier alpha value is -1.61. The molecule has 0 fully saturated rings. The number of hydrogen-bond acceptors (Lipinski definition) is 3. The van der Waals surface area contributed by atoms with E-state index in [4.69, 9.17) is 4.74 Å². The van der Waals surface area contributed by atoms with Gasteiger partial charge in [-0.25, -0.2) is 4.99 Å². The number of likely N-dealkylation sites (N-methyl/N-ethyl adjacent to an activating group) is 1. The molecule has 0 unspecified atom stereocenters. The molecule has 0 atom stereocenters. The largest absolute Gasteiger partial charge is 0.450 e. The normalized spacial score (nSPS) is 17.4. The fraction of sp³-hybridized carbons (Fsp3) is 0.308. The van der Waals surface area contributed by atoms with Crippen LogP contribution < -0.4 is 0 Å². The third kappa shape index (κ3) is 3.21. The van der Waals surface area contributed by atoms with Crippen molar-refractivity contribution in [1.29, 1.82) is 0 Å². The first-order chi connectivity index (χ1) is 7.84. The van der Waals surface area contributed by atoms with Crippen LogP contribution in [-0.4, -0.2) is 31.4 Å². The van der Waals surface area contributed by atoms with Crippen LogP contribution in [0.1, 0.15) is 6.42 Å². The summed E-state index contributed by atoms with van der Waals surface area (Å²) in [4.78, 5) is 6.47. The highest BCUT2D eigenvalue weighted by Crippen LogP contribution is 2.11. The molecule has 0 radical (unpaired) electrons. The fourth-order valence-corrected chi connectivity index (χ4v) is 1.53. The Kier molecular flexibility index (Phi) is 3.72. The van der Waals surface area contributed by atoms with Gasteiger partial charge in [0.1, 0.15) is 5.76 Å². The highest BCUT2D eigenvalue weighted by Gasteiger charge is 2.07. The number of benzene rings is 1. The van der Waals surface area contributed by atoms with Crippen LogP contribution in [0.25, 0.3) is 0 Å². The van der Waals surface area contributed by atoms with Gasteiger partial charge in [-0.3, -0.25) is 0 Å². The Labute approximate surface area is 96.1 Å². The molecule has 16 heavy (non-hydrogen) atoms. The molecule has 2 rings (SSSR count). The zero-order chi connectivity index (χ0) is 11.2. The molecule has 0 aromatic heterocycles. The first kappa shape index (κ1) is 10.9. The molecular weight excluding hydrogens is 200 g/mol. The lowest BCUT2D eigenvalue weighted by Crippen LogP contribution is -2.24. The van der Waals surface area contributed by atoms with Crippen molar-refractivity contribution in [2.45, 2.75) is 6.42 Å². The molecule has 0 saturated heterocycles. The predicted molar refractivity (Wildman–Crippen MR) is 65.9 cm³/mol. The molecule has 0 amide bonds. The van der Waals surface area contributed by atoms with Crippen LogP contribution in [0.3, 0.4) is 0 Å². The molecule has 3 nitrogen and oxygen atoms in total. The first-order valence-electron chi connectivity index (χ1n) is 5.46. The smallest absolute Gasteiger partial charge is 0.181 e. The Morgan fingerprint density at radius 1 is 1.31 bits per heavy atom. The summed E-state index contributed by atoms with van der Waals surface area (Å²) in [5, 5.41) is 0. The van der Waals surface area contributed by atoms with Gasteiger partial charge in [0.15, 0.2) is 6.40 Å². The quantitative estimate of drug-likeness (QED) is 0.573. The second-order valence-corrected chi connectivity index (χ2v) is 3.87. The molecule has 1 aromatic rings. The fourth-order valence-electron chi connectivity index (χ4n) is 1.53. The van der Waals surface area contributed by atoms with E-state index in [1.54, 1.807) is 0 Å². The van der Waals surface area contributed by atoms with Gasteiger partial charge in [-0.05, 0) is 25.3 Å². The molecule has 1 heterocycles. The van der Waals surface area contributed by atoms with Crippen LogP contribution in [0, 0.1) is 0 Å². The minimum absolute atomic E-state index is 0.913. The molecular formula is C13H16N2O. The second kappa shape index (κ2) is 5.47. The maximum Gasteiger partial charge on any atom is 0.181 e. The molecule has 84 valence electrons. The van der Waals surface area contributed by atoms with Crippen molar-refractivity contribution in [2.24, 2.45) is 4.99 Å². The Balaban J connectivity index is 1.86. The molecule has 3 heteroatoms. The van der Waals surface area contributed by atoms with Crippen molar-refractivity contribution in [3.63, 3.8) is 0 Å². The lowest BCUT2D eigenvalue weighted by atomic mass is 10.2. The van der Waals surface area contributed by atoms with Crippen LogP contribution in [-0.2, 0) is 4.74 Å². The average Bonchev–Trinajstić information content (AvgIpc) is 2.33. The van der Waals surface area contributed by atoms with Crippen LogP contribution >= 0.6 is 0 Å². The number of rotatable bonds is 3. The summed E-state index contributed by atoms with van der Waals surface area (Å²) >= 11 is 0. The van der Waals surface area contributed by atoms with Crippen molar-refractivity contribution >= 4 is 12.1 Å². The third-order valence-corrected chi connectivity index (χ3v) is 2.53. The van der Waals surface area contributed by atoms with Crippen LogP contribution in [0.4, 0.5) is 5.69 Å². The lowest BCUT2D eigenvalue weighted by Gasteiger charge is -2.20. The van der Waals surface area contributed by atoms with Gasteiger partial charge < -0.3 is 9.64 Å². The van der Waals surface area contributed by atoms with Gasteiger partial charge in [0, 0.05) is 19.5 Å². The number of para-hydroxylation sites is 1. The van der Waals surface area contributed by atoms with E-state index in [0.29, 0.717) is 0 Å². The molecule has 1 aromatic carbocycles. The zero-order valence-electron chi connectivity index (χ0n) is 9.47. The van der Waals surface area contributed by atoms with Crippen molar-refractivity contribution in [3.8, 4) is 0 Å². The molecule has 1 aliphatic rings. The van der Waals surface area contributed by atoms with Crippen molar-refractivity contribution in [3.05, 3.63) is 42.2 Å². The standard InChI is InChI=1S/C13H16N2O/c1-15-9-7-13(8-10-15)16-11-14-12-5-3-2-4-6-12/h2-7,11H,8-10H2,1H3. The van der Waals surface area contributed by atoms with E-state index < -0.39 is 0 Å². The van der Waals surface area contributed by atoms with E-state index >= 15 is 0 Å². The summed E-state index contributed by atoms with van der Waals surface area (Å²) in [6.45, 7) is 2.00. The summed E-state index contributed by atoms with van der Waals surface area (Å²) in [5.74, 6) is 1.01.